The van der Waals surface area contributed by atoms with Gasteiger partial charge in [-0.05, 0) is 96.4 Å². The van der Waals surface area contributed by atoms with Gasteiger partial charge in [-0.3, -0.25) is 0 Å². The second-order valence-corrected chi connectivity index (χ2v) is 16.1. The number of nitrogens with zero attached hydrogens (tertiary/aromatic N) is 1. The van der Waals surface area contributed by atoms with Gasteiger partial charge in [0.25, 0.3) is 0 Å². The molecule has 1 heteroatoms. The molecule has 1 nitrogen and oxygen atoms in total. The molecule has 0 fully saturated rings. The second kappa shape index (κ2) is 12.5. The van der Waals surface area contributed by atoms with Crippen LogP contribution in [0.5, 0.6) is 0 Å². The van der Waals surface area contributed by atoms with Gasteiger partial charge in [0.2, 0.25) is 0 Å². The molecule has 3 aliphatic carbocycles. The summed E-state index contributed by atoms with van der Waals surface area (Å²) in [6.45, 7) is 8.79. The molecule has 0 saturated carbocycles. The van der Waals surface area contributed by atoms with Crippen molar-refractivity contribution >= 4 is 33.4 Å². The van der Waals surface area contributed by atoms with Gasteiger partial charge in [-0.15, -0.1) is 0 Å². The summed E-state index contributed by atoms with van der Waals surface area (Å²) in [6, 6.07) is 65.4. The van der Waals surface area contributed by atoms with Crippen molar-refractivity contribution in [3.05, 3.63) is 240 Å². The van der Waals surface area contributed by atoms with E-state index in [4.69, 9.17) is 0 Å². The third kappa shape index (κ3) is 4.69. The molecule has 270 valence electrons. The first-order chi connectivity index (χ1) is 28.0. The minimum Gasteiger partial charge on any atom is -0.309 e. The number of anilines is 3. The molecule has 0 amide bonds. The lowest BCUT2D eigenvalue weighted by molar-refractivity contribution is 0.662. The predicted octanol–water partition coefficient (Wildman–Crippen LogP) is 14.7. The molecule has 0 atom stereocenters. The zero-order valence-electron chi connectivity index (χ0n) is 32.2. The highest BCUT2D eigenvalue weighted by atomic mass is 15.1. The van der Waals surface area contributed by atoms with Crippen molar-refractivity contribution in [2.45, 2.75) is 24.7 Å². The maximum Gasteiger partial charge on any atom is 0.0659 e. The largest absolute Gasteiger partial charge is 0.309 e. The highest BCUT2D eigenvalue weighted by Gasteiger charge is 2.47. The van der Waals surface area contributed by atoms with E-state index in [1.807, 2.05) is 6.08 Å². The maximum absolute atomic E-state index is 4.02. The Morgan fingerprint density at radius 3 is 1.75 bits per heavy atom. The number of para-hydroxylation sites is 1. The summed E-state index contributed by atoms with van der Waals surface area (Å²) in [5.41, 5.74) is 19.7. The third-order valence-corrected chi connectivity index (χ3v) is 12.8. The lowest BCUT2D eigenvalue weighted by Crippen LogP contribution is -2.23. The maximum atomic E-state index is 4.02. The molecule has 57 heavy (non-hydrogen) atoms. The van der Waals surface area contributed by atoms with E-state index in [0.717, 1.165) is 17.1 Å². The summed E-state index contributed by atoms with van der Waals surface area (Å²) in [6.07, 6.45) is 8.65. The molecule has 0 aliphatic heterocycles. The standard InChI is InChI=1S/C56H41N/c1-4-5-18-38-36-56(49-29-13-9-22-42(49)43-23-10-14-30-50(43)56)51-35-39(33-34-40(38)51)57(52-32-16-20-37-19-6-7-21-41(37)52)53-31-15-11-25-45(53)47-27-17-26-46-44-24-8-12-28-48(44)55(2,3)54(46)47/h4-36H,1H2,2-3H3/b18-5-. The van der Waals surface area contributed by atoms with E-state index in [1.54, 1.807) is 0 Å². The molecule has 0 radical (unpaired) electrons. The van der Waals surface area contributed by atoms with Gasteiger partial charge < -0.3 is 4.90 Å². The van der Waals surface area contributed by atoms with Crippen LogP contribution in [-0.4, -0.2) is 0 Å². The van der Waals surface area contributed by atoms with E-state index in [2.05, 4.69) is 219 Å². The Labute approximate surface area is 335 Å². The number of benzene rings is 8. The molecule has 1 spiro atoms. The predicted molar refractivity (Wildman–Crippen MR) is 241 cm³/mol. The highest BCUT2D eigenvalue weighted by Crippen LogP contribution is 2.60. The Morgan fingerprint density at radius 2 is 1.02 bits per heavy atom. The summed E-state index contributed by atoms with van der Waals surface area (Å²) in [7, 11) is 0. The minimum absolute atomic E-state index is 0.163. The molecule has 0 bridgehead atoms. The first kappa shape index (κ1) is 33.4. The Morgan fingerprint density at radius 1 is 0.474 bits per heavy atom. The normalized spacial score (nSPS) is 14.9. The molecule has 8 aromatic carbocycles. The summed E-state index contributed by atoms with van der Waals surface area (Å²) in [5, 5.41) is 2.42. The Balaban J connectivity index is 1.20. The Hall–Kier alpha value is -6.96. The minimum atomic E-state index is -0.445. The van der Waals surface area contributed by atoms with Crippen LogP contribution in [0, 0.1) is 0 Å². The SMILES string of the molecule is C=C/C=C\C1=CC2(c3cc(N(c4ccccc4-c4cccc5c4C(C)(C)c4ccccc4-5)c4cccc5ccccc45)ccc31)c1ccccc1-c1ccccc12. The van der Waals surface area contributed by atoms with Crippen LogP contribution in [0.2, 0.25) is 0 Å². The van der Waals surface area contributed by atoms with Crippen molar-refractivity contribution in [3.63, 3.8) is 0 Å². The molecule has 11 rings (SSSR count). The van der Waals surface area contributed by atoms with E-state index in [-0.39, 0.29) is 5.41 Å². The summed E-state index contributed by atoms with van der Waals surface area (Å²) in [5.74, 6) is 0. The van der Waals surface area contributed by atoms with Crippen LogP contribution in [0.25, 0.3) is 49.7 Å². The average Bonchev–Trinajstić information content (AvgIpc) is 3.83. The molecular weight excluding hydrogens is 687 g/mol. The fourth-order valence-electron chi connectivity index (χ4n) is 10.4. The molecule has 3 aliphatic rings. The fraction of sp³-hybridized carbons (Fsp3) is 0.0714. The summed E-state index contributed by atoms with van der Waals surface area (Å²) < 4.78 is 0. The molecule has 0 heterocycles. The molecule has 0 aromatic heterocycles. The number of hydrogen-bond donors (Lipinski definition) is 0. The topological polar surface area (TPSA) is 3.24 Å². The van der Waals surface area contributed by atoms with E-state index in [9.17, 15) is 0 Å². The number of rotatable bonds is 6. The van der Waals surface area contributed by atoms with E-state index >= 15 is 0 Å². The first-order valence-electron chi connectivity index (χ1n) is 20.0. The zero-order valence-corrected chi connectivity index (χ0v) is 32.2. The summed E-state index contributed by atoms with van der Waals surface area (Å²) in [4.78, 5) is 2.52. The van der Waals surface area contributed by atoms with Gasteiger partial charge in [0, 0.05) is 22.1 Å². The van der Waals surface area contributed by atoms with Crippen molar-refractivity contribution in [1.29, 1.82) is 0 Å². The Bertz CT molecular complexity index is 2970. The van der Waals surface area contributed by atoms with E-state index in [1.165, 1.54) is 83.1 Å². The van der Waals surface area contributed by atoms with E-state index in [0.29, 0.717) is 0 Å². The van der Waals surface area contributed by atoms with Gasteiger partial charge in [0.05, 0.1) is 16.8 Å². The van der Waals surface area contributed by atoms with Gasteiger partial charge in [0.15, 0.2) is 0 Å². The van der Waals surface area contributed by atoms with Crippen molar-refractivity contribution in [1.82, 2.24) is 0 Å². The van der Waals surface area contributed by atoms with Crippen molar-refractivity contribution < 1.29 is 0 Å². The van der Waals surface area contributed by atoms with Gasteiger partial charge >= 0.3 is 0 Å². The van der Waals surface area contributed by atoms with Crippen LogP contribution in [0.1, 0.15) is 47.2 Å². The van der Waals surface area contributed by atoms with Crippen LogP contribution in [-0.2, 0) is 10.8 Å². The molecule has 8 aromatic rings. The van der Waals surface area contributed by atoms with E-state index < -0.39 is 5.41 Å². The van der Waals surface area contributed by atoms with Crippen LogP contribution in [0.3, 0.4) is 0 Å². The lowest BCUT2D eigenvalue weighted by Gasteiger charge is -2.33. The smallest absolute Gasteiger partial charge is 0.0659 e. The molecule has 0 N–H and O–H groups in total. The number of fused-ring (bicyclic) bond motifs is 11. The molecular formula is C56H41N. The van der Waals surface area contributed by atoms with Gasteiger partial charge in [-0.1, -0.05) is 196 Å². The first-order valence-corrected chi connectivity index (χ1v) is 20.0. The van der Waals surface area contributed by atoms with Crippen LogP contribution in [0.4, 0.5) is 17.1 Å². The van der Waals surface area contributed by atoms with Crippen LogP contribution in [0.15, 0.2) is 207 Å². The second-order valence-electron chi connectivity index (χ2n) is 16.1. The highest BCUT2D eigenvalue weighted by molar-refractivity contribution is 6.03. The lowest BCUT2D eigenvalue weighted by atomic mass is 9.74. The van der Waals surface area contributed by atoms with Crippen molar-refractivity contribution in [3.8, 4) is 33.4 Å². The van der Waals surface area contributed by atoms with Gasteiger partial charge in [-0.2, -0.15) is 0 Å². The third-order valence-electron chi connectivity index (χ3n) is 12.8. The molecule has 0 saturated heterocycles. The zero-order chi connectivity index (χ0) is 38.3. The molecule has 0 unspecified atom stereocenters. The Kier molecular flexibility index (Phi) is 7.34. The van der Waals surface area contributed by atoms with Crippen LogP contribution < -0.4 is 4.90 Å². The average molecular weight is 728 g/mol. The fourth-order valence-corrected chi connectivity index (χ4v) is 10.4. The van der Waals surface area contributed by atoms with Gasteiger partial charge in [0.1, 0.15) is 0 Å². The van der Waals surface area contributed by atoms with Crippen molar-refractivity contribution in [2.75, 3.05) is 4.90 Å². The number of hydrogen-bond acceptors (Lipinski definition) is 1. The number of allylic oxidation sites excluding steroid dienone is 5. The van der Waals surface area contributed by atoms with Crippen molar-refractivity contribution in [2.24, 2.45) is 0 Å². The van der Waals surface area contributed by atoms with Gasteiger partial charge in [-0.25, -0.2) is 0 Å². The monoisotopic (exact) mass is 727 g/mol. The van der Waals surface area contributed by atoms with Crippen LogP contribution >= 0.6 is 0 Å². The summed E-state index contributed by atoms with van der Waals surface area (Å²) >= 11 is 0. The quantitative estimate of drug-likeness (QED) is 0.154.